The molecule has 0 N–H and O–H groups in total. The fraction of sp³-hybridized carbons (Fsp3) is 0.400. The zero-order chi connectivity index (χ0) is 11.7. The molecule has 2 heterocycles. The van der Waals surface area contributed by atoms with E-state index in [1.807, 2.05) is 37.3 Å². The lowest BCUT2D eigenvalue weighted by Crippen LogP contribution is -1.91. The van der Waals surface area contributed by atoms with Crippen LogP contribution in [0.5, 0.6) is 0 Å². The van der Waals surface area contributed by atoms with Gasteiger partial charge < -0.3 is 0 Å². The zero-order valence-electron chi connectivity index (χ0n) is 9.76. The lowest BCUT2D eigenvalue weighted by atomic mass is 10.5. The van der Waals surface area contributed by atoms with Crippen molar-refractivity contribution in [3.63, 3.8) is 0 Å². The van der Waals surface area contributed by atoms with Gasteiger partial charge in [0.2, 0.25) is 0 Å². The summed E-state index contributed by atoms with van der Waals surface area (Å²) < 4.78 is 3.76. The number of hydrogen-bond acceptors (Lipinski definition) is 4. The number of rotatable bonds is 3. The molecule has 0 aliphatic heterocycles. The van der Waals surface area contributed by atoms with Crippen LogP contribution in [0, 0.1) is 13.8 Å². The second-order valence-corrected chi connectivity index (χ2v) is 5.83. The molecule has 0 bridgehead atoms. The van der Waals surface area contributed by atoms with Crippen molar-refractivity contribution < 1.29 is 0 Å². The van der Waals surface area contributed by atoms with Gasteiger partial charge in [-0.25, -0.2) is 0 Å². The third-order valence-electron chi connectivity index (χ3n) is 2.40. The van der Waals surface area contributed by atoms with Gasteiger partial charge in [0.25, 0.3) is 0 Å². The first-order chi connectivity index (χ1) is 7.56. The van der Waals surface area contributed by atoms with Gasteiger partial charge in [-0.3, -0.25) is 9.36 Å². The molecule has 0 aliphatic carbocycles. The van der Waals surface area contributed by atoms with E-state index in [1.165, 1.54) is 11.4 Å². The lowest BCUT2D eigenvalue weighted by Gasteiger charge is -1.92. The highest BCUT2D eigenvalue weighted by molar-refractivity contribution is 8.76. The molecule has 2 rings (SSSR count). The summed E-state index contributed by atoms with van der Waals surface area (Å²) >= 11 is 0. The molecular formula is C10H14N4S2. The summed E-state index contributed by atoms with van der Waals surface area (Å²) in [4.78, 5) is 0. The van der Waals surface area contributed by atoms with Crippen LogP contribution in [0.1, 0.15) is 11.4 Å². The van der Waals surface area contributed by atoms with E-state index >= 15 is 0 Å². The Labute approximate surface area is 103 Å². The lowest BCUT2D eigenvalue weighted by molar-refractivity contribution is 0.715. The van der Waals surface area contributed by atoms with Crippen molar-refractivity contribution in [1.29, 1.82) is 0 Å². The van der Waals surface area contributed by atoms with Gasteiger partial charge in [0, 0.05) is 25.5 Å². The zero-order valence-corrected chi connectivity index (χ0v) is 11.4. The Bertz CT molecular complexity index is 416. The van der Waals surface area contributed by atoms with Gasteiger partial charge in [-0.1, -0.05) is 0 Å². The van der Waals surface area contributed by atoms with Crippen molar-refractivity contribution >= 4 is 21.6 Å². The molecule has 0 aromatic carbocycles. The van der Waals surface area contributed by atoms with E-state index < -0.39 is 0 Å². The molecule has 0 unspecified atom stereocenters. The maximum Gasteiger partial charge on any atom is 0.129 e. The molecule has 0 spiro atoms. The highest BCUT2D eigenvalue weighted by atomic mass is 33.1. The van der Waals surface area contributed by atoms with Crippen molar-refractivity contribution in [3.05, 3.63) is 23.5 Å². The fourth-order valence-corrected chi connectivity index (χ4v) is 3.14. The predicted octanol–water partition coefficient (Wildman–Crippen LogP) is 2.57. The molecule has 0 amide bonds. The Morgan fingerprint density at radius 1 is 0.875 bits per heavy atom. The molecule has 16 heavy (non-hydrogen) atoms. The molecular weight excluding hydrogens is 240 g/mol. The molecule has 0 radical (unpaired) electrons. The average molecular weight is 254 g/mol. The van der Waals surface area contributed by atoms with Crippen LogP contribution in [0.2, 0.25) is 0 Å². The third kappa shape index (κ3) is 2.44. The molecule has 0 saturated heterocycles. The Morgan fingerprint density at radius 3 is 1.50 bits per heavy atom. The molecule has 2 aromatic heterocycles. The van der Waals surface area contributed by atoms with Gasteiger partial charge in [-0.2, -0.15) is 10.2 Å². The Hall–Kier alpha value is -0.880. The highest BCUT2D eigenvalue weighted by Crippen LogP contribution is 2.35. The van der Waals surface area contributed by atoms with Crippen LogP contribution in [0.3, 0.4) is 0 Å². The summed E-state index contributed by atoms with van der Waals surface area (Å²) in [7, 11) is 7.19. The van der Waals surface area contributed by atoms with E-state index in [2.05, 4.69) is 22.3 Å². The summed E-state index contributed by atoms with van der Waals surface area (Å²) in [5.41, 5.74) is 2.33. The van der Waals surface area contributed by atoms with Crippen molar-refractivity contribution in [2.45, 2.75) is 23.9 Å². The first-order valence-electron chi connectivity index (χ1n) is 4.92. The minimum absolute atomic E-state index is 1.02. The van der Waals surface area contributed by atoms with Gasteiger partial charge >= 0.3 is 0 Å². The molecule has 6 heteroatoms. The minimum atomic E-state index is 1.02. The third-order valence-corrected chi connectivity index (χ3v) is 4.49. The predicted molar refractivity (Wildman–Crippen MR) is 67.6 cm³/mol. The molecule has 86 valence electrons. The van der Waals surface area contributed by atoms with E-state index in [-0.39, 0.29) is 0 Å². The van der Waals surface area contributed by atoms with Crippen molar-refractivity contribution in [3.8, 4) is 0 Å². The maximum atomic E-state index is 4.38. The minimum Gasteiger partial charge on any atom is -0.272 e. The van der Waals surface area contributed by atoms with Crippen LogP contribution in [0.4, 0.5) is 0 Å². The van der Waals surface area contributed by atoms with Crippen LogP contribution in [0.15, 0.2) is 22.2 Å². The standard InChI is InChI=1S/C10H14N4S2/c1-7-5-9(11-13(7)3)15-16-10-6-8(2)14(4)12-10/h5-6H,1-4H3. The molecule has 2 aromatic rings. The van der Waals surface area contributed by atoms with E-state index in [4.69, 9.17) is 0 Å². The summed E-state index contributed by atoms with van der Waals surface area (Å²) in [5.74, 6) is 0. The molecule has 0 atom stereocenters. The first-order valence-corrected chi connectivity index (χ1v) is 7.07. The fourth-order valence-electron chi connectivity index (χ4n) is 1.22. The monoisotopic (exact) mass is 254 g/mol. The normalized spacial score (nSPS) is 11.0. The second-order valence-electron chi connectivity index (χ2n) is 3.66. The summed E-state index contributed by atoms with van der Waals surface area (Å²) in [6, 6.07) is 4.15. The van der Waals surface area contributed by atoms with Crippen LogP contribution in [-0.4, -0.2) is 19.6 Å². The Morgan fingerprint density at radius 2 is 1.25 bits per heavy atom. The van der Waals surface area contributed by atoms with Gasteiger partial charge in [0.15, 0.2) is 0 Å². The number of aromatic nitrogens is 4. The van der Waals surface area contributed by atoms with Crippen LogP contribution in [0.25, 0.3) is 0 Å². The average Bonchev–Trinajstić information content (AvgIpc) is 2.70. The SMILES string of the molecule is Cc1cc(SSc2cc(C)n(C)n2)nn1C. The highest BCUT2D eigenvalue weighted by Gasteiger charge is 2.06. The second kappa shape index (κ2) is 4.55. The van der Waals surface area contributed by atoms with Crippen molar-refractivity contribution in [1.82, 2.24) is 19.6 Å². The maximum absolute atomic E-state index is 4.38. The van der Waals surface area contributed by atoms with Crippen LogP contribution >= 0.6 is 21.6 Å². The van der Waals surface area contributed by atoms with Gasteiger partial charge in [-0.15, -0.1) is 0 Å². The molecule has 0 aliphatic rings. The van der Waals surface area contributed by atoms with Crippen molar-refractivity contribution in [2.24, 2.45) is 14.1 Å². The molecule has 4 nitrogen and oxygen atoms in total. The summed E-state index contributed by atoms with van der Waals surface area (Å²) in [6.07, 6.45) is 0. The smallest absolute Gasteiger partial charge is 0.129 e. The van der Waals surface area contributed by atoms with E-state index in [0.29, 0.717) is 0 Å². The Kier molecular flexibility index (Phi) is 3.30. The topological polar surface area (TPSA) is 35.6 Å². The summed E-state index contributed by atoms with van der Waals surface area (Å²) in [5, 5.41) is 10.8. The van der Waals surface area contributed by atoms with Gasteiger partial charge in [-0.05, 0) is 47.6 Å². The summed E-state index contributed by atoms with van der Waals surface area (Å²) in [6.45, 7) is 4.10. The van der Waals surface area contributed by atoms with Crippen molar-refractivity contribution in [2.75, 3.05) is 0 Å². The van der Waals surface area contributed by atoms with Gasteiger partial charge in [0.1, 0.15) is 10.1 Å². The molecule has 0 fully saturated rings. The quantitative estimate of drug-likeness (QED) is 0.789. The number of hydrogen-bond donors (Lipinski definition) is 0. The number of aryl methyl sites for hydroxylation is 4. The van der Waals surface area contributed by atoms with E-state index in [9.17, 15) is 0 Å². The van der Waals surface area contributed by atoms with E-state index in [0.717, 1.165) is 10.1 Å². The van der Waals surface area contributed by atoms with Crippen LogP contribution < -0.4 is 0 Å². The number of nitrogens with zero attached hydrogens (tertiary/aromatic N) is 4. The first kappa shape index (κ1) is 11.6. The Balaban J connectivity index is 2.02. The van der Waals surface area contributed by atoms with Crippen LogP contribution in [-0.2, 0) is 14.1 Å². The van der Waals surface area contributed by atoms with Gasteiger partial charge in [0.05, 0.1) is 0 Å². The molecule has 0 saturated carbocycles. The van der Waals surface area contributed by atoms with E-state index in [1.54, 1.807) is 21.6 Å². The largest absolute Gasteiger partial charge is 0.272 e.